The number of hydrogen-bond acceptors (Lipinski definition) is 1. The minimum absolute atomic E-state index is 0.293. The molecule has 0 aliphatic carbocycles. The molecule has 1 atom stereocenters. The number of primary amides is 1. The molecule has 0 aromatic rings. The summed E-state index contributed by atoms with van der Waals surface area (Å²) in [5, 5.41) is 2.85. The number of nitrogens with two attached hydrogens (primary N) is 1. The van der Waals surface area contributed by atoms with Crippen molar-refractivity contribution in [3.63, 3.8) is 0 Å². The third kappa shape index (κ3) is 9.81. The SMILES string of the molecule is CCCCCCC(CCCCC)NC(N)=O. The van der Waals surface area contributed by atoms with Crippen molar-refractivity contribution in [2.75, 3.05) is 0 Å². The summed E-state index contributed by atoms with van der Waals surface area (Å²) in [5.74, 6) is 0. The molecule has 0 saturated carbocycles. The lowest BCUT2D eigenvalue weighted by atomic mass is 10.0. The fourth-order valence-electron chi connectivity index (χ4n) is 1.95. The van der Waals surface area contributed by atoms with Gasteiger partial charge in [-0.3, -0.25) is 0 Å². The van der Waals surface area contributed by atoms with Crippen LogP contribution in [-0.4, -0.2) is 12.1 Å². The van der Waals surface area contributed by atoms with Gasteiger partial charge in [0.05, 0.1) is 0 Å². The monoisotopic (exact) mass is 228 g/mol. The van der Waals surface area contributed by atoms with E-state index in [0.29, 0.717) is 6.04 Å². The first-order valence-electron chi connectivity index (χ1n) is 6.76. The molecule has 3 heteroatoms. The summed E-state index contributed by atoms with van der Waals surface area (Å²) in [4.78, 5) is 10.8. The zero-order valence-corrected chi connectivity index (χ0v) is 10.9. The van der Waals surface area contributed by atoms with Crippen molar-refractivity contribution in [3.8, 4) is 0 Å². The molecule has 0 heterocycles. The number of nitrogens with one attached hydrogen (secondary N) is 1. The van der Waals surface area contributed by atoms with Gasteiger partial charge < -0.3 is 11.1 Å². The van der Waals surface area contributed by atoms with Gasteiger partial charge in [-0.1, -0.05) is 58.8 Å². The van der Waals surface area contributed by atoms with E-state index >= 15 is 0 Å². The van der Waals surface area contributed by atoms with E-state index in [2.05, 4.69) is 19.2 Å². The lowest BCUT2D eigenvalue weighted by molar-refractivity contribution is 0.243. The van der Waals surface area contributed by atoms with Crippen LogP contribution in [-0.2, 0) is 0 Å². The van der Waals surface area contributed by atoms with Gasteiger partial charge in [0.15, 0.2) is 0 Å². The zero-order chi connectivity index (χ0) is 12.2. The summed E-state index contributed by atoms with van der Waals surface area (Å²) in [6, 6.07) is -0.0853. The third-order valence-corrected chi connectivity index (χ3v) is 2.91. The van der Waals surface area contributed by atoms with Crippen molar-refractivity contribution < 1.29 is 4.79 Å². The maximum absolute atomic E-state index is 10.8. The Morgan fingerprint density at radius 3 is 2.00 bits per heavy atom. The van der Waals surface area contributed by atoms with E-state index in [-0.39, 0.29) is 6.03 Å². The fourth-order valence-corrected chi connectivity index (χ4v) is 1.95. The molecule has 0 aromatic heterocycles. The van der Waals surface area contributed by atoms with Crippen molar-refractivity contribution in [1.82, 2.24) is 5.32 Å². The second kappa shape index (κ2) is 10.8. The zero-order valence-electron chi connectivity index (χ0n) is 10.9. The molecule has 16 heavy (non-hydrogen) atoms. The van der Waals surface area contributed by atoms with Crippen LogP contribution in [0.1, 0.15) is 71.6 Å². The van der Waals surface area contributed by atoms with Gasteiger partial charge in [-0.05, 0) is 12.8 Å². The van der Waals surface area contributed by atoms with Crippen LogP contribution in [0.5, 0.6) is 0 Å². The Morgan fingerprint density at radius 2 is 1.50 bits per heavy atom. The highest BCUT2D eigenvalue weighted by Crippen LogP contribution is 2.11. The molecule has 96 valence electrons. The molecule has 0 fully saturated rings. The lowest BCUT2D eigenvalue weighted by Gasteiger charge is -2.17. The Hall–Kier alpha value is -0.730. The van der Waals surface area contributed by atoms with Crippen molar-refractivity contribution in [2.45, 2.75) is 77.7 Å². The van der Waals surface area contributed by atoms with Crippen LogP contribution in [0.2, 0.25) is 0 Å². The molecule has 0 rings (SSSR count). The van der Waals surface area contributed by atoms with E-state index < -0.39 is 0 Å². The van der Waals surface area contributed by atoms with Crippen molar-refractivity contribution in [1.29, 1.82) is 0 Å². The number of carbonyl (C=O) groups excluding carboxylic acids is 1. The number of hydrogen-bond donors (Lipinski definition) is 2. The molecule has 0 aliphatic rings. The number of amides is 2. The van der Waals surface area contributed by atoms with E-state index in [9.17, 15) is 4.79 Å². The highest BCUT2D eigenvalue weighted by molar-refractivity contribution is 5.71. The van der Waals surface area contributed by atoms with Gasteiger partial charge in [0, 0.05) is 6.04 Å². The van der Waals surface area contributed by atoms with E-state index in [1.54, 1.807) is 0 Å². The van der Waals surface area contributed by atoms with E-state index in [0.717, 1.165) is 12.8 Å². The van der Waals surface area contributed by atoms with Crippen molar-refractivity contribution >= 4 is 6.03 Å². The fraction of sp³-hybridized carbons (Fsp3) is 0.923. The summed E-state index contributed by atoms with van der Waals surface area (Å²) >= 11 is 0. The topological polar surface area (TPSA) is 55.1 Å². The van der Waals surface area contributed by atoms with E-state index in [1.807, 2.05) is 0 Å². The minimum atomic E-state index is -0.378. The summed E-state index contributed by atoms with van der Waals surface area (Å²) in [5.41, 5.74) is 5.18. The predicted octanol–water partition coefficient (Wildman–Crippen LogP) is 3.57. The van der Waals surface area contributed by atoms with Crippen LogP contribution < -0.4 is 11.1 Å². The van der Waals surface area contributed by atoms with E-state index in [1.165, 1.54) is 44.9 Å². The standard InChI is InChI=1S/C13H28N2O/c1-3-5-7-9-11-12(15-13(14)16)10-8-6-4-2/h12H,3-11H2,1-2H3,(H3,14,15,16). The summed E-state index contributed by atoms with van der Waals surface area (Å²) in [7, 11) is 0. The molecule has 0 aliphatic heterocycles. The lowest BCUT2D eigenvalue weighted by Crippen LogP contribution is -2.38. The maximum Gasteiger partial charge on any atom is 0.312 e. The van der Waals surface area contributed by atoms with Crippen molar-refractivity contribution in [3.05, 3.63) is 0 Å². The molecule has 2 amide bonds. The molecule has 3 nitrogen and oxygen atoms in total. The van der Waals surface area contributed by atoms with Crippen LogP contribution >= 0.6 is 0 Å². The second-order valence-corrected chi connectivity index (χ2v) is 4.55. The number of unbranched alkanes of at least 4 members (excludes halogenated alkanes) is 5. The Kier molecular flexibility index (Phi) is 10.3. The van der Waals surface area contributed by atoms with Crippen LogP contribution in [0, 0.1) is 0 Å². The van der Waals surface area contributed by atoms with Gasteiger partial charge in [-0.2, -0.15) is 0 Å². The minimum Gasteiger partial charge on any atom is -0.352 e. The highest BCUT2D eigenvalue weighted by atomic mass is 16.2. The highest BCUT2D eigenvalue weighted by Gasteiger charge is 2.09. The van der Waals surface area contributed by atoms with Crippen LogP contribution in [0.3, 0.4) is 0 Å². The van der Waals surface area contributed by atoms with Gasteiger partial charge in [0.1, 0.15) is 0 Å². The third-order valence-electron chi connectivity index (χ3n) is 2.91. The van der Waals surface area contributed by atoms with Gasteiger partial charge in [-0.15, -0.1) is 0 Å². The normalized spacial score (nSPS) is 12.4. The number of urea groups is 1. The largest absolute Gasteiger partial charge is 0.352 e. The van der Waals surface area contributed by atoms with Crippen LogP contribution in [0.4, 0.5) is 4.79 Å². The average molecular weight is 228 g/mol. The molecule has 3 N–H and O–H groups in total. The molecule has 0 saturated heterocycles. The van der Waals surface area contributed by atoms with Gasteiger partial charge in [0.2, 0.25) is 0 Å². The van der Waals surface area contributed by atoms with Crippen molar-refractivity contribution in [2.24, 2.45) is 5.73 Å². The second-order valence-electron chi connectivity index (χ2n) is 4.55. The molecule has 0 bridgehead atoms. The first-order chi connectivity index (χ1) is 7.70. The molecule has 0 aromatic carbocycles. The molecular formula is C13H28N2O. The number of rotatable bonds is 10. The molecule has 0 radical (unpaired) electrons. The first-order valence-corrected chi connectivity index (χ1v) is 6.76. The Bertz CT molecular complexity index is 171. The number of carbonyl (C=O) groups is 1. The predicted molar refractivity (Wildman–Crippen MR) is 69.4 cm³/mol. The molecule has 0 spiro atoms. The average Bonchev–Trinajstić information content (AvgIpc) is 2.23. The van der Waals surface area contributed by atoms with Gasteiger partial charge in [-0.25, -0.2) is 4.79 Å². The Labute approximate surface area is 100 Å². The summed E-state index contributed by atoms with van der Waals surface area (Å²) in [6.45, 7) is 4.40. The first kappa shape index (κ1) is 15.3. The smallest absolute Gasteiger partial charge is 0.312 e. The van der Waals surface area contributed by atoms with Gasteiger partial charge in [0.25, 0.3) is 0 Å². The van der Waals surface area contributed by atoms with Crippen LogP contribution in [0.25, 0.3) is 0 Å². The van der Waals surface area contributed by atoms with Crippen LogP contribution in [0.15, 0.2) is 0 Å². The Balaban J connectivity index is 3.67. The Morgan fingerprint density at radius 1 is 1.00 bits per heavy atom. The summed E-state index contributed by atoms with van der Waals surface area (Å²) in [6.07, 6.45) is 10.8. The van der Waals surface area contributed by atoms with E-state index in [4.69, 9.17) is 5.73 Å². The molecule has 1 unspecified atom stereocenters. The molecular weight excluding hydrogens is 200 g/mol. The summed E-state index contributed by atoms with van der Waals surface area (Å²) < 4.78 is 0. The quantitative estimate of drug-likeness (QED) is 0.552. The van der Waals surface area contributed by atoms with Gasteiger partial charge >= 0.3 is 6.03 Å². The maximum atomic E-state index is 10.8.